The van der Waals surface area contributed by atoms with Crippen LogP contribution >= 0.6 is 11.3 Å². The van der Waals surface area contributed by atoms with Gasteiger partial charge >= 0.3 is 0 Å². The Hall–Kier alpha value is -2.86. The summed E-state index contributed by atoms with van der Waals surface area (Å²) in [6.07, 6.45) is 3.84. The van der Waals surface area contributed by atoms with E-state index in [1.54, 1.807) is 6.92 Å². The van der Waals surface area contributed by atoms with Gasteiger partial charge in [0.05, 0.1) is 5.69 Å². The van der Waals surface area contributed by atoms with Crippen LogP contribution in [0.4, 0.5) is 5.69 Å². The zero-order valence-corrected chi connectivity index (χ0v) is 13.1. The molecule has 4 rings (SSSR count). The standard InChI is InChI=1S/C17H13N3O2S/c1-11-18-13-10-12(4-5-15(13)22-11)19-17(21)16-14(6-9-23-16)20-7-2-3-8-20/h2-10H,1H3,(H,19,21). The number of hydrogen-bond acceptors (Lipinski definition) is 4. The number of benzene rings is 1. The lowest BCUT2D eigenvalue weighted by Gasteiger charge is -2.07. The van der Waals surface area contributed by atoms with Gasteiger partial charge in [-0.2, -0.15) is 0 Å². The number of aryl methyl sites for hydroxylation is 1. The molecule has 0 fully saturated rings. The molecule has 0 aliphatic carbocycles. The van der Waals surface area contributed by atoms with Gasteiger partial charge in [0.15, 0.2) is 11.5 Å². The van der Waals surface area contributed by atoms with Crippen molar-refractivity contribution in [1.82, 2.24) is 9.55 Å². The van der Waals surface area contributed by atoms with E-state index in [0.29, 0.717) is 22.0 Å². The summed E-state index contributed by atoms with van der Waals surface area (Å²) < 4.78 is 7.37. The Morgan fingerprint density at radius 3 is 2.91 bits per heavy atom. The van der Waals surface area contributed by atoms with Gasteiger partial charge in [0, 0.05) is 25.0 Å². The van der Waals surface area contributed by atoms with Crippen LogP contribution in [0.1, 0.15) is 15.6 Å². The highest BCUT2D eigenvalue weighted by molar-refractivity contribution is 7.12. The van der Waals surface area contributed by atoms with Gasteiger partial charge in [-0.1, -0.05) is 0 Å². The van der Waals surface area contributed by atoms with Gasteiger partial charge in [0.1, 0.15) is 10.4 Å². The molecule has 6 heteroatoms. The van der Waals surface area contributed by atoms with Gasteiger partial charge in [-0.15, -0.1) is 11.3 Å². The molecule has 1 N–H and O–H groups in total. The minimum absolute atomic E-state index is 0.136. The number of oxazole rings is 1. The quantitative estimate of drug-likeness (QED) is 0.613. The lowest BCUT2D eigenvalue weighted by molar-refractivity contribution is 0.103. The van der Waals surface area contributed by atoms with Crippen molar-refractivity contribution in [3.8, 4) is 5.69 Å². The lowest BCUT2D eigenvalue weighted by atomic mass is 10.2. The van der Waals surface area contributed by atoms with Gasteiger partial charge in [0.25, 0.3) is 5.91 Å². The molecule has 0 spiro atoms. The van der Waals surface area contributed by atoms with Crippen LogP contribution in [0.25, 0.3) is 16.8 Å². The third-order valence-electron chi connectivity index (χ3n) is 3.49. The molecule has 0 aliphatic heterocycles. The number of carbonyl (C=O) groups excluding carboxylic acids is 1. The molecular formula is C17H13N3O2S. The van der Waals surface area contributed by atoms with Crippen molar-refractivity contribution < 1.29 is 9.21 Å². The monoisotopic (exact) mass is 323 g/mol. The second-order valence-electron chi connectivity index (χ2n) is 5.09. The molecular weight excluding hydrogens is 310 g/mol. The molecule has 1 aromatic carbocycles. The van der Waals surface area contributed by atoms with Crippen molar-refractivity contribution in [2.75, 3.05) is 5.32 Å². The van der Waals surface area contributed by atoms with E-state index in [1.165, 1.54) is 11.3 Å². The van der Waals surface area contributed by atoms with Crippen molar-refractivity contribution in [1.29, 1.82) is 0 Å². The maximum atomic E-state index is 12.6. The molecule has 114 valence electrons. The Morgan fingerprint density at radius 1 is 1.26 bits per heavy atom. The molecule has 23 heavy (non-hydrogen) atoms. The number of hydrogen-bond donors (Lipinski definition) is 1. The second kappa shape index (κ2) is 5.40. The van der Waals surface area contributed by atoms with E-state index in [9.17, 15) is 4.79 Å². The lowest BCUT2D eigenvalue weighted by Crippen LogP contribution is -2.12. The molecule has 0 unspecified atom stereocenters. The molecule has 0 bridgehead atoms. The van der Waals surface area contributed by atoms with Gasteiger partial charge in [-0.25, -0.2) is 4.98 Å². The largest absolute Gasteiger partial charge is 0.441 e. The molecule has 0 saturated carbocycles. The first-order valence-electron chi connectivity index (χ1n) is 7.10. The molecule has 5 nitrogen and oxygen atoms in total. The van der Waals surface area contributed by atoms with Gasteiger partial charge < -0.3 is 14.3 Å². The van der Waals surface area contributed by atoms with Crippen LogP contribution in [-0.4, -0.2) is 15.5 Å². The average molecular weight is 323 g/mol. The van der Waals surface area contributed by atoms with E-state index in [1.807, 2.05) is 58.7 Å². The van der Waals surface area contributed by atoms with Crippen molar-refractivity contribution in [2.24, 2.45) is 0 Å². The van der Waals surface area contributed by atoms with E-state index in [0.717, 1.165) is 11.2 Å². The minimum Gasteiger partial charge on any atom is -0.441 e. The summed E-state index contributed by atoms with van der Waals surface area (Å²) in [5, 5.41) is 4.84. The molecule has 4 aromatic rings. The highest BCUT2D eigenvalue weighted by Crippen LogP contribution is 2.24. The topological polar surface area (TPSA) is 60.1 Å². The average Bonchev–Trinajstić information content (AvgIpc) is 3.25. The summed E-state index contributed by atoms with van der Waals surface area (Å²) in [5.74, 6) is 0.472. The Morgan fingerprint density at radius 2 is 2.09 bits per heavy atom. The maximum Gasteiger partial charge on any atom is 0.267 e. The molecule has 0 radical (unpaired) electrons. The maximum absolute atomic E-state index is 12.6. The summed E-state index contributed by atoms with van der Waals surface area (Å²) >= 11 is 1.42. The van der Waals surface area contributed by atoms with E-state index >= 15 is 0 Å². The first-order chi connectivity index (χ1) is 11.2. The zero-order valence-electron chi connectivity index (χ0n) is 12.3. The number of carbonyl (C=O) groups is 1. The zero-order chi connectivity index (χ0) is 15.8. The number of amides is 1. The van der Waals surface area contributed by atoms with Crippen LogP contribution in [-0.2, 0) is 0 Å². The van der Waals surface area contributed by atoms with Crippen LogP contribution in [0.15, 0.2) is 58.6 Å². The smallest absolute Gasteiger partial charge is 0.267 e. The van der Waals surface area contributed by atoms with E-state index < -0.39 is 0 Å². The Kier molecular flexibility index (Phi) is 3.24. The molecule has 3 aromatic heterocycles. The first kappa shape index (κ1) is 13.8. The van der Waals surface area contributed by atoms with Crippen molar-refractivity contribution in [3.05, 3.63) is 64.9 Å². The number of thiophene rings is 1. The van der Waals surface area contributed by atoms with Crippen LogP contribution in [0.3, 0.4) is 0 Å². The first-order valence-corrected chi connectivity index (χ1v) is 7.98. The third kappa shape index (κ3) is 2.53. The second-order valence-corrected chi connectivity index (χ2v) is 6.01. The van der Waals surface area contributed by atoms with Crippen molar-refractivity contribution >= 4 is 34.0 Å². The van der Waals surface area contributed by atoms with Crippen molar-refractivity contribution in [2.45, 2.75) is 6.92 Å². The highest BCUT2D eigenvalue weighted by atomic mass is 32.1. The number of rotatable bonds is 3. The van der Waals surface area contributed by atoms with E-state index in [-0.39, 0.29) is 5.91 Å². The summed E-state index contributed by atoms with van der Waals surface area (Å²) in [6, 6.07) is 11.2. The third-order valence-corrected chi connectivity index (χ3v) is 4.39. The van der Waals surface area contributed by atoms with Gasteiger partial charge in [-0.3, -0.25) is 4.79 Å². The highest BCUT2D eigenvalue weighted by Gasteiger charge is 2.15. The summed E-state index contributed by atoms with van der Waals surface area (Å²) in [7, 11) is 0. The summed E-state index contributed by atoms with van der Waals surface area (Å²) in [4.78, 5) is 17.5. The van der Waals surface area contributed by atoms with E-state index in [4.69, 9.17) is 4.42 Å². The Labute approximate surface area is 136 Å². The summed E-state index contributed by atoms with van der Waals surface area (Å²) in [6.45, 7) is 1.80. The van der Waals surface area contributed by atoms with Gasteiger partial charge in [0.2, 0.25) is 0 Å². The Bertz CT molecular complexity index is 983. The predicted molar refractivity (Wildman–Crippen MR) is 90.3 cm³/mol. The molecule has 3 heterocycles. The van der Waals surface area contributed by atoms with Gasteiger partial charge in [-0.05, 0) is 41.8 Å². The molecule has 1 amide bonds. The van der Waals surface area contributed by atoms with E-state index in [2.05, 4.69) is 10.3 Å². The Balaban J connectivity index is 1.63. The summed E-state index contributed by atoms with van der Waals surface area (Å²) in [5.41, 5.74) is 3.01. The van der Waals surface area contributed by atoms with Crippen molar-refractivity contribution in [3.63, 3.8) is 0 Å². The SMILES string of the molecule is Cc1nc2cc(NC(=O)c3sccc3-n3cccc3)ccc2o1. The van der Waals surface area contributed by atoms with Crippen LogP contribution < -0.4 is 5.32 Å². The number of nitrogens with zero attached hydrogens (tertiary/aromatic N) is 2. The molecule has 0 saturated heterocycles. The fourth-order valence-electron chi connectivity index (χ4n) is 2.48. The molecule has 0 atom stereocenters. The van der Waals surface area contributed by atoms with Crippen LogP contribution in [0, 0.1) is 6.92 Å². The van der Waals surface area contributed by atoms with Crippen LogP contribution in [0.5, 0.6) is 0 Å². The number of anilines is 1. The normalized spacial score (nSPS) is 11.0. The number of nitrogens with one attached hydrogen (secondary N) is 1. The predicted octanol–water partition coefficient (Wildman–Crippen LogP) is 4.24. The molecule has 0 aliphatic rings. The fourth-order valence-corrected chi connectivity index (χ4v) is 3.26. The number of fused-ring (bicyclic) bond motifs is 1. The van der Waals surface area contributed by atoms with Crippen LogP contribution in [0.2, 0.25) is 0 Å². The number of aromatic nitrogens is 2. The fraction of sp³-hybridized carbons (Fsp3) is 0.0588. The minimum atomic E-state index is -0.136.